The van der Waals surface area contributed by atoms with Crippen LogP contribution in [0.5, 0.6) is 0 Å². The number of aromatic nitrogens is 4. The predicted octanol–water partition coefficient (Wildman–Crippen LogP) is 1.21. The van der Waals surface area contributed by atoms with Crippen LogP contribution in [0.2, 0.25) is 0 Å². The predicted molar refractivity (Wildman–Crippen MR) is 46.1 cm³/mol. The lowest BCUT2D eigenvalue weighted by Crippen LogP contribution is -1.85. The minimum Gasteiger partial charge on any atom is -0.441 e. The molecule has 0 saturated carbocycles. The summed E-state index contributed by atoms with van der Waals surface area (Å²) in [7, 11) is 1.78. The SMILES string of the molecule is Cn1cc(-c2ocnc2CCl)nn1. The van der Waals surface area contributed by atoms with E-state index in [1.54, 1.807) is 17.9 Å². The second-order valence-electron chi connectivity index (χ2n) is 2.54. The maximum Gasteiger partial charge on any atom is 0.181 e. The third kappa shape index (κ3) is 1.42. The number of hydrogen-bond donors (Lipinski definition) is 0. The Hall–Kier alpha value is -1.36. The zero-order valence-electron chi connectivity index (χ0n) is 6.94. The lowest BCUT2D eigenvalue weighted by Gasteiger charge is -1.89. The minimum absolute atomic E-state index is 0.308. The summed E-state index contributed by atoms with van der Waals surface area (Å²) >= 11 is 5.65. The van der Waals surface area contributed by atoms with E-state index in [1.807, 2.05) is 0 Å². The number of rotatable bonds is 2. The van der Waals surface area contributed by atoms with E-state index in [4.69, 9.17) is 16.0 Å². The van der Waals surface area contributed by atoms with Crippen LogP contribution in [0.4, 0.5) is 0 Å². The standard InChI is InChI=1S/C7H7ClN4O/c1-12-3-6(10-11-12)7-5(2-8)9-4-13-7/h3-4H,2H2,1H3. The Morgan fingerprint density at radius 1 is 1.62 bits per heavy atom. The van der Waals surface area contributed by atoms with E-state index >= 15 is 0 Å². The molecule has 0 aliphatic carbocycles. The van der Waals surface area contributed by atoms with Crippen molar-refractivity contribution in [2.24, 2.45) is 7.05 Å². The number of oxazole rings is 1. The summed E-state index contributed by atoms with van der Waals surface area (Å²) in [6.07, 6.45) is 3.10. The van der Waals surface area contributed by atoms with Crippen LogP contribution < -0.4 is 0 Å². The van der Waals surface area contributed by atoms with Gasteiger partial charge in [0.05, 0.1) is 12.1 Å². The maximum absolute atomic E-state index is 5.65. The van der Waals surface area contributed by atoms with Gasteiger partial charge in [-0.05, 0) is 0 Å². The van der Waals surface area contributed by atoms with Gasteiger partial charge in [0.15, 0.2) is 12.2 Å². The Balaban J connectivity index is 2.45. The molecule has 0 saturated heterocycles. The summed E-state index contributed by atoms with van der Waals surface area (Å²) < 4.78 is 6.74. The van der Waals surface area contributed by atoms with Gasteiger partial charge in [0.2, 0.25) is 0 Å². The van der Waals surface area contributed by atoms with E-state index in [0.717, 1.165) is 0 Å². The van der Waals surface area contributed by atoms with Gasteiger partial charge in [-0.15, -0.1) is 16.7 Å². The van der Waals surface area contributed by atoms with Gasteiger partial charge in [-0.1, -0.05) is 5.21 Å². The molecule has 0 aromatic carbocycles. The molecule has 5 nitrogen and oxygen atoms in total. The van der Waals surface area contributed by atoms with Gasteiger partial charge in [-0.2, -0.15) is 0 Å². The number of halogens is 1. The van der Waals surface area contributed by atoms with Crippen molar-refractivity contribution < 1.29 is 4.42 Å². The molecule has 0 unspecified atom stereocenters. The largest absolute Gasteiger partial charge is 0.441 e. The van der Waals surface area contributed by atoms with Crippen molar-refractivity contribution >= 4 is 11.6 Å². The highest BCUT2D eigenvalue weighted by Gasteiger charge is 2.12. The fraction of sp³-hybridized carbons (Fsp3) is 0.286. The maximum atomic E-state index is 5.65. The van der Waals surface area contributed by atoms with Gasteiger partial charge < -0.3 is 4.42 Å². The van der Waals surface area contributed by atoms with Crippen molar-refractivity contribution in [3.8, 4) is 11.5 Å². The van der Waals surface area contributed by atoms with Gasteiger partial charge in [0.25, 0.3) is 0 Å². The Kier molecular flexibility index (Phi) is 2.02. The summed E-state index contributed by atoms with van der Waals surface area (Å²) in [6, 6.07) is 0. The third-order valence-electron chi connectivity index (χ3n) is 1.60. The molecule has 68 valence electrons. The van der Waals surface area contributed by atoms with Gasteiger partial charge in [0.1, 0.15) is 11.4 Å². The Morgan fingerprint density at radius 2 is 2.46 bits per heavy atom. The molecule has 13 heavy (non-hydrogen) atoms. The van der Waals surface area contributed by atoms with E-state index in [1.165, 1.54) is 6.39 Å². The quantitative estimate of drug-likeness (QED) is 0.681. The van der Waals surface area contributed by atoms with E-state index in [0.29, 0.717) is 23.0 Å². The number of hydrogen-bond acceptors (Lipinski definition) is 4. The lowest BCUT2D eigenvalue weighted by molar-refractivity contribution is 0.569. The van der Waals surface area contributed by atoms with Crippen molar-refractivity contribution in [2.75, 3.05) is 0 Å². The summed E-state index contributed by atoms with van der Waals surface area (Å²) in [5, 5.41) is 7.67. The van der Waals surface area contributed by atoms with E-state index in [-0.39, 0.29) is 0 Å². The van der Waals surface area contributed by atoms with Gasteiger partial charge >= 0.3 is 0 Å². The molecule has 6 heteroatoms. The van der Waals surface area contributed by atoms with Crippen LogP contribution in [0.3, 0.4) is 0 Å². The third-order valence-corrected chi connectivity index (χ3v) is 1.86. The summed E-state index contributed by atoms with van der Waals surface area (Å²) in [6.45, 7) is 0. The first-order chi connectivity index (χ1) is 6.31. The molecule has 0 bridgehead atoms. The molecule has 2 heterocycles. The zero-order valence-corrected chi connectivity index (χ0v) is 7.69. The first-order valence-electron chi connectivity index (χ1n) is 3.66. The first-order valence-corrected chi connectivity index (χ1v) is 4.19. The van der Waals surface area contributed by atoms with E-state index in [2.05, 4.69) is 15.3 Å². The molecule has 0 fully saturated rings. The number of aryl methyl sites for hydroxylation is 1. The Morgan fingerprint density at radius 3 is 3.08 bits per heavy atom. The summed E-state index contributed by atoms with van der Waals surface area (Å²) in [5.74, 6) is 0.894. The molecule has 0 radical (unpaired) electrons. The van der Waals surface area contributed by atoms with Crippen LogP contribution in [-0.2, 0) is 12.9 Å². The molecular formula is C7H7ClN4O. The van der Waals surface area contributed by atoms with E-state index < -0.39 is 0 Å². The van der Waals surface area contributed by atoms with Crippen molar-refractivity contribution in [3.05, 3.63) is 18.3 Å². The second-order valence-corrected chi connectivity index (χ2v) is 2.81. The van der Waals surface area contributed by atoms with Gasteiger partial charge in [0, 0.05) is 7.05 Å². The summed E-state index contributed by atoms with van der Waals surface area (Å²) in [5.41, 5.74) is 1.33. The van der Waals surface area contributed by atoms with Gasteiger partial charge in [-0.3, -0.25) is 4.68 Å². The normalized spacial score (nSPS) is 10.6. The smallest absolute Gasteiger partial charge is 0.181 e. The Bertz CT molecular complexity index is 408. The monoisotopic (exact) mass is 198 g/mol. The number of nitrogens with zero attached hydrogens (tertiary/aromatic N) is 4. The fourth-order valence-electron chi connectivity index (χ4n) is 1.02. The van der Waals surface area contributed by atoms with Crippen molar-refractivity contribution in [3.63, 3.8) is 0 Å². The average Bonchev–Trinajstić information content (AvgIpc) is 2.71. The molecule has 0 aliphatic rings. The molecule has 2 rings (SSSR count). The van der Waals surface area contributed by atoms with Crippen LogP contribution in [0, 0.1) is 0 Å². The molecule has 0 amide bonds. The molecule has 0 atom stereocenters. The zero-order chi connectivity index (χ0) is 9.26. The van der Waals surface area contributed by atoms with E-state index in [9.17, 15) is 0 Å². The fourth-order valence-corrected chi connectivity index (χ4v) is 1.21. The summed E-state index contributed by atoms with van der Waals surface area (Å²) in [4.78, 5) is 3.94. The van der Waals surface area contributed by atoms with Crippen LogP contribution in [-0.4, -0.2) is 20.0 Å². The first kappa shape index (κ1) is 8.25. The second kappa shape index (κ2) is 3.18. The highest BCUT2D eigenvalue weighted by molar-refractivity contribution is 6.17. The Labute approximate surface area is 79.3 Å². The van der Waals surface area contributed by atoms with Gasteiger partial charge in [-0.25, -0.2) is 4.98 Å². The van der Waals surface area contributed by atoms with Crippen molar-refractivity contribution in [1.29, 1.82) is 0 Å². The minimum atomic E-state index is 0.308. The molecule has 0 spiro atoms. The molecule has 0 N–H and O–H groups in total. The average molecular weight is 199 g/mol. The lowest BCUT2D eigenvalue weighted by atomic mass is 10.3. The van der Waals surface area contributed by atoms with Crippen molar-refractivity contribution in [1.82, 2.24) is 20.0 Å². The molecule has 2 aromatic heterocycles. The van der Waals surface area contributed by atoms with Crippen LogP contribution in [0.1, 0.15) is 5.69 Å². The highest BCUT2D eigenvalue weighted by atomic mass is 35.5. The molecular weight excluding hydrogens is 192 g/mol. The molecule has 2 aromatic rings. The van der Waals surface area contributed by atoms with Crippen LogP contribution >= 0.6 is 11.6 Å². The number of alkyl halides is 1. The van der Waals surface area contributed by atoms with Crippen LogP contribution in [0.25, 0.3) is 11.5 Å². The van der Waals surface area contributed by atoms with Crippen LogP contribution in [0.15, 0.2) is 17.0 Å². The topological polar surface area (TPSA) is 56.7 Å². The highest BCUT2D eigenvalue weighted by Crippen LogP contribution is 2.21. The molecule has 0 aliphatic heterocycles. The van der Waals surface area contributed by atoms with Crippen molar-refractivity contribution in [2.45, 2.75) is 5.88 Å².